The van der Waals surface area contributed by atoms with E-state index >= 15 is 0 Å². The number of aryl methyl sites for hydroxylation is 2. The number of ketones is 1. The molecule has 1 atom stereocenters. The van der Waals surface area contributed by atoms with Gasteiger partial charge < -0.3 is 9.84 Å². The Morgan fingerprint density at radius 3 is 2.39 bits per heavy atom. The number of aliphatic hydroxyl groups excluding tert-OH is 1. The predicted molar refractivity (Wildman–Crippen MR) is 125 cm³/mol. The Balaban J connectivity index is 2.01. The minimum Gasteiger partial charge on any atom is -0.507 e. The van der Waals surface area contributed by atoms with Crippen molar-refractivity contribution in [1.29, 1.82) is 0 Å². The second kappa shape index (κ2) is 8.71. The van der Waals surface area contributed by atoms with Crippen molar-refractivity contribution in [2.24, 2.45) is 0 Å². The van der Waals surface area contributed by atoms with Crippen molar-refractivity contribution in [3.63, 3.8) is 0 Å². The lowest BCUT2D eigenvalue weighted by Crippen LogP contribution is -2.29. The van der Waals surface area contributed by atoms with Crippen LogP contribution >= 0.6 is 11.6 Å². The maximum Gasteiger partial charge on any atom is 0.300 e. The Labute approximate surface area is 195 Å². The number of amides is 1. The molecule has 0 aliphatic carbocycles. The zero-order valence-corrected chi connectivity index (χ0v) is 19.0. The zero-order chi connectivity index (χ0) is 23.9. The summed E-state index contributed by atoms with van der Waals surface area (Å²) in [7, 11) is 1.47. The summed E-state index contributed by atoms with van der Waals surface area (Å²) in [6.45, 7) is 3.68. The van der Waals surface area contributed by atoms with Gasteiger partial charge in [-0.2, -0.15) is 0 Å². The molecule has 1 aliphatic heterocycles. The quantitative estimate of drug-likeness (QED) is 0.303. The number of aliphatic hydroxyl groups is 1. The molecule has 1 saturated heterocycles. The number of carbonyl (C=O) groups is 2. The summed E-state index contributed by atoms with van der Waals surface area (Å²) in [6.07, 6.45) is 0. The molecule has 33 heavy (non-hydrogen) atoms. The normalized spacial score (nSPS) is 17.5. The van der Waals surface area contributed by atoms with Crippen LogP contribution in [0.4, 0.5) is 10.1 Å². The Hall–Kier alpha value is -3.64. The molecule has 0 radical (unpaired) electrons. The minimum absolute atomic E-state index is 0.116. The number of carbonyl (C=O) groups excluding carboxylic acids is 2. The number of rotatable bonds is 4. The van der Waals surface area contributed by atoms with E-state index in [1.54, 1.807) is 30.3 Å². The lowest BCUT2D eigenvalue weighted by Gasteiger charge is -2.26. The summed E-state index contributed by atoms with van der Waals surface area (Å²) in [5.41, 5.74) is 2.63. The summed E-state index contributed by atoms with van der Waals surface area (Å²) in [5.74, 6) is -2.12. The fourth-order valence-electron chi connectivity index (χ4n) is 4.23. The standard InChI is InChI=1S/C26H21ClFNO4/c1-14-11-15(2)25(33-3)20(12-14)23(30)21-22(16-7-9-18(28)10-8-16)29(26(32)24(21)31)19-6-4-5-17(27)13-19/h4-13,22,30H,1-3H3/b23-21+. The molecule has 0 spiro atoms. The van der Waals surface area contributed by atoms with E-state index in [9.17, 15) is 19.1 Å². The Morgan fingerprint density at radius 2 is 1.76 bits per heavy atom. The first kappa shape index (κ1) is 22.6. The molecule has 0 saturated carbocycles. The third-order valence-electron chi connectivity index (χ3n) is 5.59. The van der Waals surface area contributed by atoms with Crippen molar-refractivity contribution in [2.75, 3.05) is 12.0 Å². The van der Waals surface area contributed by atoms with Crippen molar-refractivity contribution in [2.45, 2.75) is 19.9 Å². The lowest BCUT2D eigenvalue weighted by atomic mass is 9.93. The number of ether oxygens (including phenoxy) is 1. The number of benzene rings is 3. The number of methoxy groups -OCH3 is 1. The average Bonchev–Trinajstić information content (AvgIpc) is 3.04. The van der Waals surface area contributed by atoms with Crippen molar-refractivity contribution >= 4 is 34.7 Å². The molecular weight excluding hydrogens is 445 g/mol. The molecule has 1 unspecified atom stereocenters. The minimum atomic E-state index is -0.991. The van der Waals surface area contributed by atoms with Gasteiger partial charge in [-0.05, 0) is 66.9 Å². The van der Waals surface area contributed by atoms with Crippen molar-refractivity contribution in [3.05, 3.63) is 99.3 Å². The third-order valence-corrected chi connectivity index (χ3v) is 5.83. The molecule has 1 amide bonds. The van der Waals surface area contributed by atoms with E-state index in [4.69, 9.17) is 16.3 Å². The van der Waals surface area contributed by atoms with Gasteiger partial charge in [0.05, 0.1) is 24.3 Å². The second-order valence-electron chi connectivity index (χ2n) is 7.86. The highest BCUT2D eigenvalue weighted by Gasteiger charge is 2.47. The largest absolute Gasteiger partial charge is 0.507 e. The van der Waals surface area contributed by atoms with Gasteiger partial charge in [-0.1, -0.05) is 35.9 Å². The van der Waals surface area contributed by atoms with Crippen LogP contribution in [-0.4, -0.2) is 23.9 Å². The first-order valence-corrected chi connectivity index (χ1v) is 10.6. The zero-order valence-electron chi connectivity index (χ0n) is 18.2. The van der Waals surface area contributed by atoms with Crippen LogP contribution in [0, 0.1) is 19.7 Å². The number of hydrogen-bond acceptors (Lipinski definition) is 4. The molecule has 3 aromatic carbocycles. The van der Waals surface area contributed by atoms with Crippen LogP contribution in [0.5, 0.6) is 5.75 Å². The summed E-state index contributed by atoms with van der Waals surface area (Å²) in [4.78, 5) is 27.7. The van der Waals surface area contributed by atoms with Gasteiger partial charge >= 0.3 is 0 Å². The highest BCUT2D eigenvalue weighted by Crippen LogP contribution is 2.44. The van der Waals surface area contributed by atoms with E-state index in [0.717, 1.165) is 11.1 Å². The maximum atomic E-state index is 13.7. The third kappa shape index (κ3) is 3.98. The number of Topliss-reactive ketones (excluding diaryl/α,β-unsaturated/α-hetero) is 1. The van der Waals surface area contributed by atoms with Crippen LogP contribution in [0.2, 0.25) is 5.02 Å². The summed E-state index contributed by atoms with van der Waals surface area (Å²) < 4.78 is 19.2. The first-order chi connectivity index (χ1) is 15.7. The van der Waals surface area contributed by atoms with Gasteiger partial charge in [-0.25, -0.2) is 4.39 Å². The Bertz CT molecular complexity index is 1300. The Kier molecular flexibility index (Phi) is 5.95. The van der Waals surface area contributed by atoms with Crippen molar-refractivity contribution < 1.29 is 23.8 Å². The van der Waals surface area contributed by atoms with Gasteiger partial charge in [0.25, 0.3) is 11.7 Å². The topological polar surface area (TPSA) is 66.8 Å². The smallest absolute Gasteiger partial charge is 0.300 e. The highest BCUT2D eigenvalue weighted by atomic mass is 35.5. The van der Waals surface area contributed by atoms with Gasteiger partial charge in [-0.3, -0.25) is 14.5 Å². The molecule has 3 aromatic rings. The second-order valence-corrected chi connectivity index (χ2v) is 8.30. The van der Waals surface area contributed by atoms with Crippen LogP contribution in [-0.2, 0) is 9.59 Å². The molecular formula is C26H21ClFNO4. The molecule has 1 aliphatic rings. The predicted octanol–water partition coefficient (Wildman–Crippen LogP) is 5.73. The molecule has 5 nitrogen and oxygen atoms in total. The van der Waals surface area contributed by atoms with Gasteiger partial charge in [0.1, 0.15) is 17.3 Å². The van der Waals surface area contributed by atoms with Gasteiger partial charge in [0.2, 0.25) is 0 Å². The molecule has 0 bridgehead atoms. The molecule has 1 fully saturated rings. The number of hydrogen-bond donors (Lipinski definition) is 1. The fraction of sp³-hybridized carbons (Fsp3) is 0.154. The molecule has 7 heteroatoms. The summed E-state index contributed by atoms with van der Waals surface area (Å²) in [5, 5.41) is 11.8. The molecule has 1 heterocycles. The van der Waals surface area contributed by atoms with Crippen LogP contribution in [0.1, 0.15) is 28.3 Å². The SMILES string of the molecule is COc1c(C)cc(C)cc1/C(O)=C1\C(=O)C(=O)N(c2cccc(Cl)c2)C1c1ccc(F)cc1. The Morgan fingerprint density at radius 1 is 1.06 bits per heavy atom. The van der Waals surface area contributed by atoms with Gasteiger partial charge in [0.15, 0.2) is 0 Å². The monoisotopic (exact) mass is 465 g/mol. The van der Waals surface area contributed by atoms with Crippen LogP contribution in [0.3, 0.4) is 0 Å². The first-order valence-electron chi connectivity index (χ1n) is 10.2. The van der Waals surface area contributed by atoms with Crippen LogP contribution < -0.4 is 9.64 Å². The fourth-order valence-corrected chi connectivity index (χ4v) is 4.42. The number of halogens is 2. The molecule has 4 rings (SSSR count). The van der Waals surface area contributed by atoms with Crippen LogP contribution in [0.15, 0.2) is 66.2 Å². The summed E-state index contributed by atoms with van der Waals surface area (Å²) >= 11 is 6.14. The molecule has 168 valence electrons. The maximum absolute atomic E-state index is 13.7. The van der Waals surface area contributed by atoms with E-state index < -0.39 is 23.5 Å². The van der Waals surface area contributed by atoms with E-state index in [-0.39, 0.29) is 11.3 Å². The lowest BCUT2D eigenvalue weighted by molar-refractivity contribution is -0.132. The summed E-state index contributed by atoms with van der Waals surface area (Å²) in [6, 6.07) is 14.5. The number of nitrogens with zero attached hydrogens (tertiary/aromatic N) is 1. The van der Waals surface area contributed by atoms with Gasteiger partial charge in [-0.15, -0.1) is 0 Å². The van der Waals surface area contributed by atoms with Crippen LogP contribution in [0.25, 0.3) is 5.76 Å². The molecule has 1 N–H and O–H groups in total. The van der Waals surface area contributed by atoms with Crippen molar-refractivity contribution in [1.82, 2.24) is 0 Å². The van der Waals surface area contributed by atoms with E-state index in [0.29, 0.717) is 27.6 Å². The van der Waals surface area contributed by atoms with E-state index in [2.05, 4.69) is 0 Å². The van der Waals surface area contributed by atoms with E-state index in [1.165, 1.54) is 36.3 Å². The highest BCUT2D eigenvalue weighted by molar-refractivity contribution is 6.51. The van der Waals surface area contributed by atoms with Crippen molar-refractivity contribution in [3.8, 4) is 5.75 Å². The molecule has 0 aromatic heterocycles. The van der Waals surface area contributed by atoms with E-state index in [1.807, 2.05) is 19.9 Å². The average molecular weight is 466 g/mol. The number of anilines is 1. The van der Waals surface area contributed by atoms with Gasteiger partial charge in [0, 0.05) is 10.7 Å².